The lowest BCUT2D eigenvalue weighted by atomic mass is 10.2. The Kier molecular flexibility index (Phi) is 11.2. The number of hydrogen-bond donors (Lipinski definition) is 2. The van der Waals surface area contributed by atoms with Gasteiger partial charge in [-0.2, -0.15) is 0 Å². The van der Waals surface area contributed by atoms with E-state index in [1.165, 1.54) is 4.90 Å². The Morgan fingerprint density at radius 3 is 2.58 bits per heavy atom. The van der Waals surface area contributed by atoms with Crippen LogP contribution in [0.15, 0.2) is 0 Å². The van der Waals surface area contributed by atoms with Crippen LogP contribution in [0.3, 0.4) is 0 Å². The zero-order chi connectivity index (χ0) is 14.5. The second kappa shape index (κ2) is 11.9. The number of likely N-dealkylation sites (N-methyl/N-ethyl adjacent to an activating group) is 1. The van der Waals surface area contributed by atoms with Gasteiger partial charge in [-0.1, -0.05) is 6.42 Å². The highest BCUT2D eigenvalue weighted by atomic mass is 16.5. The molecule has 0 heterocycles. The Morgan fingerprint density at radius 1 is 1.21 bits per heavy atom. The minimum absolute atomic E-state index is 0.00376. The van der Waals surface area contributed by atoms with Crippen molar-refractivity contribution in [2.75, 3.05) is 40.4 Å². The van der Waals surface area contributed by atoms with Crippen molar-refractivity contribution >= 4 is 11.8 Å². The lowest BCUT2D eigenvalue weighted by Crippen LogP contribution is -2.38. The van der Waals surface area contributed by atoms with Crippen LogP contribution in [0.2, 0.25) is 0 Å². The maximum atomic E-state index is 11.7. The van der Waals surface area contributed by atoms with Gasteiger partial charge < -0.3 is 20.7 Å². The average Bonchev–Trinajstić information content (AvgIpc) is 2.39. The Balaban J connectivity index is 3.66. The van der Waals surface area contributed by atoms with Crippen molar-refractivity contribution in [2.45, 2.75) is 32.1 Å². The zero-order valence-corrected chi connectivity index (χ0v) is 12.1. The summed E-state index contributed by atoms with van der Waals surface area (Å²) in [7, 11) is 3.28. The molecule has 0 fully saturated rings. The normalized spacial score (nSPS) is 10.3. The van der Waals surface area contributed by atoms with Crippen LogP contribution in [0.25, 0.3) is 0 Å². The van der Waals surface area contributed by atoms with E-state index in [0.717, 1.165) is 25.7 Å². The first-order valence-corrected chi connectivity index (χ1v) is 6.81. The molecule has 0 aromatic heterocycles. The van der Waals surface area contributed by atoms with Gasteiger partial charge in [-0.05, 0) is 25.8 Å². The van der Waals surface area contributed by atoms with Crippen molar-refractivity contribution < 1.29 is 14.3 Å². The van der Waals surface area contributed by atoms with Gasteiger partial charge in [-0.15, -0.1) is 0 Å². The summed E-state index contributed by atoms with van der Waals surface area (Å²) < 4.78 is 4.88. The highest BCUT2D eigenvalue weighted by Gasteiger charge is 2.11. The van der Waals surface area contributed by atoms with Crippen LogP contribution in [-0.2, 0) is 14.3 Å². The number of carbonyl (C=O) groups is 2. The molecular formula is C13H27N3O3. The smallest absolute Gasteiger partial charge is 0.239 e. The molecule has 19 heavy (non-hydrogen) atoms. The summed E-state index contributed by atoms with van der Waals surface area (Å²) in [6.45, 7) is 1.97. The molecule has 0 rings (SSSR count). The van der Waals surface area contributed by atoms with Gasteiger partial charge in [0, 0.05) is 33.7 Å². The van der Waals surface area contributed by atoms with E-state index in [0.29, 0.717) is 26.1 Å². The van der Waals surface area contributed by atoms with E-state index in [4.69, 9.17) is 10.5 Å². The Hall–Kier alpha value is -1.14. The summed E-state index contributed by atoms with van der Waals surface area (Å²) in [5, 5.41) is 2.75. The lowest BCUT2D eigenvalue weighted by Gasteiger charge is -2.16. The summed E-state index contributed by atoms with van der Waals surface area (Å²) in [5.74, 6) is -0.127. The van der Waals surface area contributed by atoms with Gasteiger partial charge in [0.15, 0.2) is 0 Å². The molecule has 0 spiro atoms. The van der Waals surface area contributed by atoms with Gasteiger partial charge in [0.1, 0.15) is 0 Å². The highest BCUT2D eigenvalue weighted by Crippen LogP contribution is 2.01. The van der Waals surface area contributed by atoms with Crippen LogP contribution < -0.4 is 11.1 Å². The van der Waals surface area contributed by atoms with Gasteiger partial charge in [0.25, 0.3) is 0 Å². The molecule has 0 aliphatic heterocycles. The molecule has 112 valence electrons. The fourth-order valence-electron chi connectivity index (χ4n) is 1.59. The molecule has 0 aliphatic carbocycles. The van der Waals surface area contributed by atoms with E-state index >= 15 is 0 Å². The summed E-state index contributed by atoms with van der Waals surface area (Å²) in [6, 6.07) is 0. The summed E-state index contributed by atoms with van der Waals surface area (Å²) in [4.78, 5) is 24.7. The van der Waals surface area contributed by atoms with Crippen molar-refractivity contribution in [2.24, 2.45) is 5.73 Å². The molecule has 0 radical (unpaired) electrons. The zero-order valence-electron chi connectivity index (χ0n) is 12.1. The molecule has 0 aromatic rings. The van der Waals surface area contributed by atoms with Crippen molar-refractivity contribution in [1.82, 2.24) is 10.2 Å². The highest BCUT2D eigenvalue weighted by molar-refractivity contribution is 5.84. The molecule has 0 atom stereocenters. The molecule has 0 unspecified atom stereocenters. The predicted molar refractivity (Wildman–Crippen MR) is 74.7 cm³/mol. The first-order chi connectivity index (χ1) is 9.11. The number of unbranched alkanes of at least 4 members (excludes halogenated alkanes) is 2. The maximum absolute atomic E-state index is 11.7. The van der Waals surface area contributed by atoms with Crippen molar-refractivity contribution in [3.05, 3.63) is 0 Å². The molecule has 0 bridgehead atoms. The molecular weight excluding hydrogens is 246 g/mol. The van der Waals surface area contributed by atoms with E-state index < -0.39 is 0 Å². The second-order valence-electron chi connectivity index (χ2n) is 4.55. The van der Waals surface area contributed by atoms with Gasteiger partial charge in [-0.25, -0.2) is 0 Å². The third-order valence-electron chi connectivity index (χ3n) is 2.75. The predicted octanol–water partition coefficient (Wildman–Crippen LogP) is 0.117. The first-order valence-electron chi connectivity index (χ1n) is 6.81. The average molecular weight is 273 g/mol. The largest absolute Gasteiger partial charge is 0.385 e. The van der Waals surface area contributed by atoms with E-state index in [2.05, 4.69) is 5.32 Å². The van der Waals surface area contributed by atoms with Gasteiger partial charge >= 0.3 is 0 Å². The maximum Gasteiger partial charge on any atom is 0.239 e. The number of nitrogens with zero attached hydrogens (tertiary/aromatic N) is 1. The SMILES string of the molecule is COCCCNC(=O)CN(C)C(=O)CCCCCN. The van der Waals surface area contributed by atoms with Crippen LogP contribution in [0.5, 0.6) is 0 Å². The standard InChI is InChI=1S/C13H27N3O3/c1-16(13(18)7-4-3-5-8-14)11-12(17)15-9-6-10-19-2/h3-11,14H2,1-2H3,(H,15,17). The first kappa shape index (κ1) is 17.9. The molecule has 0 aromatic carbocycles. The number of nitrogens with two attached hydrogens (primary N) is 1. The minimum atomic E-state index is -0.131. The van der Waals surface area contributed by atoms with Crippen LogP contribution in [-0.4, -0.2) is 57.1 Å². The lowest BCUT2D eigenvalue weighted by molar-refractivity contribution is -0.134. The molecule has 0 saturated carbocycles. The topological polar surface area (TPSA) is 84.7 Å². The molecule has 0 saturated heterocycles. The summed E-state index contributed by atoms with van der Waals surface area (Å²) in [5.41, 5.74) is 5.38. The molecule has 2 amide bonds. The summed E-state index contributed by atoms with van der Waals surface area (Å²) in [6.07, 6.45) is 3.98. The van der Waals surface area contributed by atoms with Crippen LogP contribution in [0.1, 0.15) is 32.1 Å². The Bertz CT molecular complexity index is 260. The van der Waals surface area contributed by atoms with Gasteiger partial charge in [0.2, 0.25) is 11.8 Å². The van der Waals surface area contributed by atoms with E-state index in [-0.39, 0.29) is 18.4 Å². The Morgan fingerprint density at radius 2 is 1.95 bits per heavy atom. The van der Waals surface area contributed by atoms with E-state index in [1.807, 2.05) is 0 Å². The van der Waals surface area contributed by atoms with E-state index in [9.17, 15) is 9.59 Å². The number of rotatable bonds is 11. The number of carbonyl (C=O) groups excluding carboxylic acids is 2. The molecule has 3 N–H and O–H groups in total. The van der Waals surface area contributed by atoms with Crippen LogP contribution in [0.4, 0.5) is 0 Å². The van der Waals surface area contributed by atoms with Gasteiger partial charge in [-0.3, -0.25) is 9.59 Å². The fourth-order valence-corrected chi connectivity index (χ4v) is 1.59. The van der Waals surface area contributed by atoms with Crippen molar-refractivity contribution in [3.8, 4) is 0 Å². The van der Waals surface area contributed by atoms with Gasteiger partial charge in [0.05, 0.1) is 6.54 Å². The monoisotopic (exact) mass is 273 g/mol. The van der Waals surface area contributed by atoms with Crippen LogP contribution >= 0.6 is 0 Å². The van der Waals surface area contributed by atoms with E-state index in [1.54, 1.807) is 14.2 Å². The van der Waals surface area contributed by atoms with Crippen molar-refractivity contribution in [3.63, 3.8) is 0 Å². The number of hydrogen-bond acceptors (Lipinski definition) is 4. The number of amides is 2. The molecule has 6 nitrogen and oxygen atoms in total. The second-order valence-corrected chi connectivity index (χ2v) is 4.55. The third-order valence-corrected chi connectivity index (χ3v) is 2.75. The molecule has 6 heteroatoms. The number of ether oxygens (including phenoxy) is 1. The minimum Gasteiger partial charge on any atom is -0.385 e. The fraction of sp³-hybridized carbons (Fsp3) is 0.846. The van der Waals surface area contributed by atoms with Crippen LogP contribution in [0, 0.1) is 0 Å². The molecule has 0 aliphatic rings. The number of nitrogens with one attached hydrogen (secondary N) is 1. The third kappa shape index (κ3) is 10.5. The number of methoxy groups -OCH3 is 1. The quantitative estimate of drug-likeness (QED) is 0.524. The Labute approximate surface area is 115 Å². The van der Waals surface area contributed by atoms with Crippen molar-refractivity contribution in [1.29, 1.82) is 0 Å². The summed E-state index contributed by atoms with van der Waals surface area (Å²) >= 11 is 0.